The van der Waals surface area contributed by atoms with Gasteiger partial charge in [0, 0.05) is 11.6 Å². The summed E-state index contributed by atoms with van der Waals surface area (Å²) in [5.74, 6) is 0.949. The lowest BCUT2D eigenvalue weighted by atomic mass is 9.89. The van der Waals surface area contributed by atoms with Crippen LogP contribution in [0.15, 0.2) is 6.20 Å². The molecule has 1 N–H and O–H groups in total. The maximum absolute atomic E-state index is 5.84. The molecule has 2 heterocycles. The third kappa shape index (κ3) is 2.07. The van der Waals surface area contributed by atoms with Crippen LogP contribution in [0.3, 0.4) is 0 Å². The van der Waals surface area contributed by atoms with Crippen LogP contribution in [-0.2, 0) is 12.0 Å². The summed E-state index contributed by atoms with van der Waals surface area (Å²) >= 11 is 0. The van der Waals surface area contributed by atoms with Crippen molar-refractivity contribution in [3.05, 3.63) is 11.8 Å². The van der Waals surface area contributed by atoms with Crippen LogP contribution in [0.1, 0.15) is 32.8 Å². The first-order chi connectivity index (χ1) is 7.52. The van der Waals surface area contributed by atoms with Gasteiger partial charge in [0.25, 0.3) is 0 Å². The molecule has 0 radical (unpaired) electrons. The number of rotatable bonds is 1. The zero-order valence-electron chi connectivity index (χ0n) is 10.6. The Bertz CT molecular complexity index is 365. The quantitative estimate of drug-likeness (QED) is 0.785. The molecule has 0 aliphatic carbocycles. The van der Waals surface area contributed by atoms with Crippen LogP contribution in [0.4, 0.5) is 0 Å². The molecule has 4 heteroatoms. The van der Waals surface area contributed by atoms with Crippen molar-refractivity contribution < 1.29 is 4.74 Å². The number of hydrogen-bond donors (Lipinski definition) is 1. The van der Waals surface area contributed by atoms with Crippen LogP contribution >= 0.6 is 0 Å². The molecule has 0 amide bonds. The Morgan fingerprint density at radius 1 is 1.50 bits per heavy atom. The first kappa shape index (κ1) is 11.5. The minimum absolute atomic E-state index is 0.0903. The topological polar surface area (TPSA) is 39.1 Å². The Morgan fingerprint density at radius 2 is 2.25 bits per heavy atom. The molecule has 0 aromatic carbocycles. The highest BCUT2D eigenvalue weighted by Crippen LogP contribution is 2.32. The molecule has 1 atom stereocenters. The van der Waals surface area contributed by atoms with Gasteiger partial charge in [-0.2, -0.15) is 5.10 Å². The number of hydrogen-bond acceptors (Lipinski definition) is 3. The van der Waals surface area contributed by atoms with Crippen LogP contribution in [0, 0.1) is 0 Å². The SMILES string of the molecule is CN[C@H]1CCOc2c(C(C)(C)C)cnn2C1. The van der Waals surface area contributed by atoms with Crippen molar-refractivity contribution in [1.82, 2.24) is 15.1 Å². The third-order valence-electron chi connectivity index (χ3n) is 3.11. The van der Waals surface area contributed by atoms with E-state index in [0.717, 1.165) is 25.5 Å². The standard InChI is InChI=1S/C12H21N3O/c1-12(2,3)10-7-14-15-8-9(13-4)5-6-16-11(10)15/h7,9,13H,5-6,8H2,1-4H3/t9-/m0/s1. The second-order valence-electron chi connectivity index (χ2n) is 5.42. The molecule has 1 aromatic heterocycles. The fraction of sp³-hybridized carbons (Fsp3) is 0.750. The lowest BCUT2D eigenvalue weighted by Crippen LogP contribution is -2.29. The molecular formula is C12H21N3O. The van der Waals surface area contributed by atoms with Gasteiger partial charge in [-0.05, 0) is 18.9 Å². The van der Waals surface area contributed by atoms with Gasteiger partial charge in [0.05, 0.1) is 19.3 Å². The first-order valence-corrected chi connectivity index (χ1v) is 5.88. The second kappa shape index (κ2) is 4.09. The summed E-state index contributed by atoms with van der Waals surface area (Å²) in [5, 5.41) is 7.72. The van der Waals surface area contributed by atoms with Gasteiger partial charge in [0.15, 0.2) is 0 Å². The van der Waals surface area contributed by atoms with Gasteiger partial charge in [-0.3, -0.25) is 0 Å². The molecular weight excluding hydrogens is 202 g/mol. The maximum Gasteiger partial charge on any atom is 0.215 e. The van der Waals surface area contributed by atoms with Gasteiger partial charge >= 0.3 is 0 Å². The van der Waals surface area contributed by atoms with Crippen molar-refractivity contribution >= 4 is 0 Å². The highest BCUT2D eigenvalue weighted by molar-refractivity contribution is 5.31. The molecule has 0 unspecified atom stereocenters. The van der Waals surface area contributed by atoms with Gasteiger partial charge in [0.1, 0.15) is 0 Å². The summed E-state index contributed by atoms with van der Waals surface area (Å²) in [6.07, 6.45) is 2.97. The lowest BCUT2D eigenvalue weighted by molar-refractivity contribution is 0.290. The zero-order valence-corrected chi connectivity index (χ0v) is 10.6. The predicted octanol–water partition coefficient (Wildman–Crippen LogP) is 1.55. The third-order valence-corrected chi connectivity index (χ3v) is 3.11. The van der Waals surface area contributed by atoms with Gasteiger partial charge in [-0.25, -0.2) is 4.68 Å². The summed E-state index contributed by atoms with van der Waals surface area (Å²) in [6.45, 7) is 8.22. The monoisotopic (exact) mass is 223 g/mol. The number of likely N-dealkylation sites (N-methyl/N-ethyl adjacent to an activating group) is 1. The van der Waals surface area contributed by atoms with Crippen LogP contribution < -0.4 is 10.1 Å². The number of fused-ring (bicyclic) bond motifs is 1. The Labute approximate surface area is 97.0 Å². The summed E-state index contributed by atoms with van der Waals surface area (Å²) in [5.41, 5.74) is 1.29. The van der Waals surface area contributed by atoms with Crippen molar-refractivity contribution in [2.45, 2.75) is 45.2 Å². The Morgan fingerprint density at radius 3 is 2.88 bits per heavy atom. The number of aromatic nitrogens is 2. The van der Waals surface area contributed by atoms with E-state index in [0.29, 0.717) is 6.04 Å². The van der Waals surface area contributed by atoms with Gasteiger partial charge in [0.2, 0.25) is 5.88 Å². The lowest BCUT2D eigenvalue weighted by Gasteiger charge is -2.18. The summed E-state index contributed by atoms with van der Waals surface area (Å²) in [6, 6.07) is 0.453. The van der Waals surface area contributed by atoms with Crippen molar-refractivity contribution in [2.24, 2.45) is 0 Å². The molecule has 4 nitrogen and oxygen atoms in total. The highest BCUT2D eigenvalue weighted by atomic mass is 16.5. The van der Waals surface area contributed by atoms with E-state index in [-0.39, 0.29) is 5.41 Å². The van der Waals surface area contributed by atoms with Crippen LogP contribution in [0.2, 0.25) is 0 Å². The van der Waals surface area contributed by atoms with E-state index in [1.165, 1.54) is 5.56 Å². The molecule has 0 saturated carbocycles. The molecule has 90 valence electrons. The Hall–Kier alpha value is -1.03. The minimum Gasteiger partial charge on any atom is -0.478 e. The minimum atomic E-state index is 0.0903. The van der Waals surface area contributed by atoms with E-state index in [1.807, 2.05) is 17.9 Å². The molecule has 0 fully saturated rings. The number of ether oxygens (including phenoxy) is 1. The molecule has 2 rings (SSSR count). The molecule has 0 spiro atoms. The van der Waals surface area contributed by atoms with Crippen LogP contribution in [-0.4, -0.2) is 29.5 Å². The molecule has 1 aliphatic rings. The molecule has 0 bridgehead atoms. The van der Waals surface area contributed by atoms with E-state index < -0.39 is 0 Å². The maximum atomic E-state index is 5.84. The van der Waals surface area contributed by atoms with E-state index in [2.05, 4.69) is 31.2 Å². The Kier molecular flexibility index (Phi) is 2.93. The number of nitrogens with one attached hydrogen (secondary N) is 1. The molecule has 0 saturated heterocycles. The average molecular weight is 223 g/mol. The van der Waals surface area contributed by atoms with Gasteiger partial charge in [-0.1, -0.05) is 20.8 Å². The molecule has 16 heavy (non-hydrogen) atoms. The van der Waals surface area contributed by atoms with Crippen molar-refractivity contribution in [3.8, 4) is 5.88 Å². The fourth-order valence-electron chi connectivity index (χ4n) is 2.00. The summed E-state index contributed by atoms with van der Waals surface area (Å²) in [4.78, 5) is 0. The van der Waals surface area contributed by atoms with E-state index in [4.69, 9.17) is 4.74 Å². The Balaban J connectivity index is 2.32. The van der Waals surface area contributed by atoms with Gasteiger partial charge in [-0.15, -0.1) is 0 Å². The molecule has 1 aliphatic heterocycles. The van der Waals surface area contributed by atoms with Gasteiger partial charge < -0.3 is 10.1 Å². The van der Waals surface area contributed by atoms with Crippen molar-refractivity contribution in [1.29, 1.82) is 0 Å². The first-order valence-electron chi connectivity index (χ1n) is 5.88. The normalized spacial score (nSPS) is 21.1. The highest BCUT2D eigenvalue weighted by Gasteiger charge is 2.26. The molecule has 1 aromatic rings. The van der Waals surface area contributed by atoms with Crippen molar-refractivity contribution in [2.75, 3.05) is 13.7 Å². The second-order valence-corrected chi connectivity index (χ2v) is 5.42. The smallest absolute Gasteiger partial charge is 0.215 e. The largest absolute Gasteiger partial charge is 0.478 e. The van der Waals surface area contributed by atoms with Crippen LogP contribution in [0.5, 0.6) is 5.88 Å². The van der Waals surface area contributed by atoms with Crippen LogP contribution in [0.25, 0.3) is 0 Å². The zero-order chi connectivity index (χ0) is 11.8. The average Bonchev–Trinajstić information content (AvgIpc) is 2.49. The summed E-state index contributed by atoms with van der Waals surface area (Å²) in [7, 11) is 1.99. The fourth-order valence-corrected chi connectivity index (χ4v) is 2.00. The predicted molar refractivity (Wildman–Crippen MR) is 63.9 cm³/mol. The number of nitrogens with zero attached hydrogens (tertiary/aromatic N) is 2. The van der Waals surface area contributed by atoms with E-state index in [9.17, 15) is 0 Å². The van der Waals surface area contributed by atoms with E-state index in [1.54, 1.807) is 0 Å². The van der Waals surface area contributed by atoms with E-state index >= 15 is 0 Å². The van der Waals surface area contributed by atoms with Crippen molar-refractivity contribution in [3.63, 3.8) is 0 Å². The summed E-state index contributed by atoms with van der Waals surface area (Å²) < 4.78 is 7.82.